The first-order chi connectivity index (χ1) is 13.6. The van der Waals surface area contributed by atoms with Crippen molar-refractivity contribution in [2.24, 2.45) is 11.8 Å². The largest absolute Gasteiger partial charge is 0.497 e. The number of amides is 1. The molecule has 2 aromatic rings. The maximum absolute atomic E-state index is 12.8. The van der Waals surface area contributed by atoms with E-state index in [1.807, 2.05) is 24.5 Å². The minimum Gasteiger partial charge on any atom is -0.497 e. The molecule has 150 valence electrons. The van der Waals surface area contributed by atoms with Crippen LogP contribution in [0.4, 0.5) is 0 Å². The molecule has 4 rings (SSSR count). The van der Waals surface area contributed by atoms with E-state index in [2.05, 4.69) is 45.5 Å². The zero-order chi connectivity index (χ0) is 19.7. The van der Waals surface area contributed by atoms with E-state index in [9.17, 15) is 4.79 Å². The summed E-state index contributed by atoms with van der Waals surface area (Å²) in [5, 5.41) is 0. The number of carbonyl (C=O) groups excluding carboxylic acids is 1. The maximum atomic E-state index is 12.8. The average molecular weight is 383 g/mol. The summed E-state index contributed by atoms with van der Waals surface area (Å²) < 4.78 is 7.39. The topological polar surface area (TPSA) is 50.6 Å². The predicted molar refractivity (Wildman–Crippen MR) is 108 cm³/mol. The molecule has 2 saturated heterocycles. The Hall–Kier alpha value is -2.34. The lowest BCUT2D eigenvalue weighted by Crippen LogP contribution is -2.33. The molecule has 0 bridgehead atoms. The standard InChI is InChI=1S/C22H30N4O2/c1-4-20-23-10-12-25(20)11-9-21(27)26-14-17-13-24(2)22(19(17)15-26)16-5-7-18(28-3)8-6-16/h5-8,10,12,17,19,22H,4,9,11,13-15H2,1-3H3/t17-,19+,22-/m0/s1. The number of methoxy groups -OCH3 is 1. The van der Waals surface area contributed by atoms with Crippen LogP contribution in [0.2, 0.25) is 0 Å². The summed E-state index contributed by atoms with van der Waals surface area (Å²) in [7, 11) is 3.89. The first-order valence-electron chi connectivity index (χ1n) is 10.2. The van der Waals surface area contributed by atoms with Gasteiger partial charge < -0.3 is 14.2 Å². The highest BCUT2D eigenvalue weighted by atomic mass is 16.5. The molecule has 1 amide bonds. The Morgan fingerprint density at radius 2 is 2.00 bits per heavy atom. The van der Waals surface area contributed by atoms with Gasteiger partial charge in [-0.15, -0.1) is 0 Å². The third kappa shape index (κ3) is 3.53. The van der Waals surface area contributed by atoms with Crippen LogP contribution in [0.15, 0.2) is 36.7 Å². The molecule has 0 aliphatic carbocycles. The van der Waals surface area contributed by atoms with E-state index in [0.717, 1.165) is 44.2 Å². The fourth-order valence-corrected chi connectivity index (χ4v) is 5.00. The Kier molecular flexibility index (Phi) is 5.40. The summed E-state index contributed by atoms with van der Waals surface area (Å²) in [6.45, 7) is 5.60. The second-order valence-electron chi connectivity index (χ2n) is 8.02. The van der Waals surface area contributed by atoms with Crippen LogP contribution in [0, 0.1) is 11.8 Å². The fourth-order valence-electron chi connectivity index (χ4n) is 5.00. The summed E-state index contributed by atoms with van der Waals surface area (Å²) in [5.41, 5.74) is 1.32. The Morgan fingerprint density at radius 3 is 2.71 bits per heavy atom. The summed E-state index contributed by atoms with van der Waals surface area (Å²) in [6.07, 6.45) is 5.23. The number of likely N-dealkylation sites (tertiary alicyclic amines) is 2. The number of carbonyl (C=O) groups is 1. The molecule has 3 atom stereocenters. The summed E-state index contributed by atoms with van der Waals surface area (Å²) >= 11 is 0. The first-order valence-corrected chi connectivity index (χ1v) is 10.2. The number of aryl methyl sites for hydroxylation is 2. The molecule has 0 radical (unpaired) electrons. The molecule has 0 saturated carbocycles. The average Bonchev–Trinajstić information content (AvgIpc) is 3.40. The summed E-state index contributed by atoms with van der Waals surface area (Å²) in [4.78, 5) is 21.7. The molecule has 6 heteroatoms. The van der Waals surface area contributed by atoms with Gasteiger partial charge in [0, 0.05) is 63.4 Å². The van der Waals surface area contributed by atoms with E-state index in [0.29, 0.717) is 24.3 Å². The molecule has 2 fully saturated rings. The number of aromatic nitrogens is 2. The molecule has 28 heavy (non-hydrogen) atoms. The normalized spacial score (nSPS) is 24.5. The van der Waals surface area contributed by atoms with Crippen LogP contribution in [0.3, 0.4) is 0 Å². The Morgan fingerprint density at radius 1 is 1.21 bits per heavy atom. The molecule has 1 aromatic heterocycles. The third-order valence-electron chi connectivity index (χ3n) is 6.39. The lowest BCUT2D eigenvalue weighted by Gasteiger charge is -2.27. The fraction of sp³-hybridized carbons (Fsp3) is 0.545. The van der Waals surface area contributed by atoms with Gasteiger partial charge in [-0.1, -0.05) is 19.1 Å². The number of ether oxygens (including phenoxy) is 1. The Labute approximate surface area is 167 Å². The minimum absolute atomic E-state index is 0.265. The van der Waals surface area contributed by atoms with Crippen molar-refractivity contribution in [2.45, 2.75) is 32.4 Å². The zero-order valence-corrected chi connectivity index (χ0v) is 17.0. The van der Waals surface area contributed by atoms with Crippen molar-refractivity contribution in [1.82, 2.24) is 19.4 Å². The molecule has 0 spiro atoms. The molecular weight excluding hydrogens is 352 g/mol. The second-order valence-corrected chi connectivity index (χ2v) is 8.02. The molecule has 6 nitrogen and oxygen atoms in total. The molecule has 0 unspecified atom stereocenters. The maximum Gasteiger partial charge on any atom is 0.224 e. The predicted octanol–water partition coefficient (Wildman–Crippen LogP) is 2.61. The van der Waals surface area contributed by atoms with Gasteiger partial charge in [0.25, 0.3) is 0 Å². The number of benzene rings is 1. The van der Waals surface area contributed by atoms with Gasteiger partial charge in [0.15, 0.2) is 0 Å². The smallest absolute Gasteiger partial charge is 0.224 e. The van der Waals surface area contributed by atoms with E-state index in [4.69, 9.17) is 4.74 Å². The number of hydrogen-bond donors (Lipinski definition) is 0. The Balaban J connectivity index is 1.40. The van der Waals surface area contributed by atoms with E-state index < -0.39 is 0 Å². The van der Waals surface area contributed by atoms with E-state index in [-0.39, 0.29) is 5.91 Å². The van der Waals surface area contributed by atoms with Crippen molar-refractivity contribution in [3.63, 3.8) is 0 Å². The van der Waals surface area contributed by atoms with Crippen LogP contribution in [-0.4, -0.2) is 59.0 Å². The van der Waals surface area contributed by atoms with Crippen LogP contribution in [0.25, 0.3) is 0 Å². The summed E-state index contributed by atoms with van der Waals surface area (Å²) in [5.74, 6) is 3.26. The number of rotatable bonds is 6. The molecule has 0 N–H and O–H groups in total. The van der Waals surface area contributed by atoms with Crippen molar-refractivity contribution in [1.29, 1.82) is 0 Å². The lowest BCUT2D eigenvalue weighted by atomic mass is 9.89. The van der Waals surface area contributed by atoms with Gasteiger partial charge in [-0.3, -0.25) is 9.69 Å². The van der Waals surface area contributed by atoms with Crippen molar-refractivity contribution in [3.05, 3.63) is 48.0 Å². The summed E-state index contributed by atoms with van der Waals surface area (Å²) in [6, 6.07) is 8.76. The highest BCUT2D eigenvalue weighted by molar-refractivity contribution is 5.76. The minimum atomic E-state index is 0.265. The third-order valence-corrected chi connectivity index (χ3v) is 6.39. The first kappa shape index (κ1) is 19.0. The number of nitrogens with zero attached hydrogens (tertiary/aromatic N) is 4. The van der Waals surface area contributed by atoms with Crippen LogP contribution >= 0.6 is 0 Å². The van der Waals surface area contributed by atoms with Gasteiger partial charge in [0.2, 0.25) is 5.91 Å². The number of imidazole rings is 1. The SMILES string of the molecule is CCc1nccn1CCC(=O)N1C[C@@H]2CN(C)[C@@H](c3ccc(OC)cc3)[C@@H]2C1. The lowest BCUT2D eigenvalue weighted by molar-refractivity contribution is -0.130. The zero-order valence-electron chi connectivity index (χ0n) is 17.0. The van der Waals surface area contributed by atoms with E-state index >= 15 is 0 Å². The van der Waals surface area contributed by atoms with Crippen molar-refractivity contribution >= 4 is 5.91 Å². The van der Waals surface area contributed by atoms with E-state index in [1.165, 1.54) is 5.56 Å². The Bertz CT molecular complexity index is 816. The van der Waals surface area contributed by atoms with Gasteiger partial charge in [-0.25, -0.2) is 4.98 Å². The molecule has 2 aliphatic rings. The van der Waals surface area contributed by atoms with Crippen molar-refractivity contribution in [2.75, 3.05) is 33.8 Å². The molecule has 3 heterocycles. The quantitative estimate of drug-likeness (QED) is 0.771. The highest BCUT2D eigenvalue weighted by Crippen LogP contribution is 2.44. The van der Waals surface area contributed by atoms with Crippen molar-refractivity contribution in [3.8, 4) is 5.75 Å². The molecule has 2 aliphatic heterocycles. The van der Waals surface area contributed by atoms with Crippen LogP contribution in [0.1, 0.15) is 30.8 Å². The molecular formula is C22H30N4O2. The van der Waals surface area contributed by atoms with Gasteiger partial charge in [-0.2, -0.15) is 0 Å². The van der Waals surface area contributed by atoms with Crippen LogP contribution < -0.4 is 4.74 Å². The van der Waals surface area contributed by atoms with Gasteiger partial charge in [0.05, 0.1) is 7.11 Å². The van der Waals surface area contributed by atoms with Gasteiger partial charge in [0.1, 0.15) is 11.6 Å². The van der Waals surface area contributed by atoms with Crippen molar-refractivity contribution < 1.29 is 9.53 Å². The monoisotopic (exact) mass is 382 g/mol. The van der Waals surface area contributed by atoms with Crippen LogP contribution in [-0.2, 0) is 17.8 Å². The highest BCUT2D eigenvalue weighted by Gasteiger charge is 2.47. The van der Waals surface area contributed by atoms with Gasteiger partial charge in [-0.05, 0) is 30.7 Å². The number of fused-ring (bicyclic) bond motifs is 1. The second kappa shape index (κ2) is 7.95. The number of hydrogen-bond acceptors (Lipinski definition) is 4. The van der Waals surface area contributed by atoms with Gasteiger partial charge >= 0.3 is 0 Å². The molecule has 1 aromatic carbocycles. The van der Waals surface area contributed by atoms with Crippen LogP contribution in [0.5, 0.6) is 5.75 Å². The van der Waals surface area contributed by atoms with E-state index in [1.54, 1.807) is 7.11 Å².